The number of anilines is 1. The van der Waals surface area contributed by atoms with Crippen LogP contribution in [0.15, 0.2) is 29.8 Å². The third kappa shape index (κ3) is 5.56. The Morgan fingerprint density at radius 1 is 1.43 bits per heavy atom. The number of hydrogen-bond donors (Lipinski definition) is 2. The van der Waals surface area contributed by atoms with Gasteiger partial charge in [0.2, 0.25) is 0 Å². The highest BCUT2D eigenvalue weighted by molar-refractivity contribution is 6.29. The number of carboxylic acids is 1. The Balaban J connectivity index is 1.91. The Hall–Kier alpha value is -1.52. The third-order valence-corrected chi connectivity index (χ3v) is 4.62. The summed E-state index contributed by atoms with van der Waals surface area (Å²) in [4.78, 5) is 12.9. The molecular formula is C18H25ClN2O2. The smallest absolute Gasteiger partial charge is 0.304 e. The van der Waals surface area contributed by atoms with Crippen LogP contribution in [0.2, 0.25) is 0 Å². The van der Waals surface area contributed by atoms with Gasteiger partial charge in [-0.05, 0) is 56.0 Å². The first-order valence-corrected chi connectivity index (χ1v) is 8.44. The van der Waals surface area contributed by atoms with Crippen LogP contribution in [0.5, 0.6) is 0 Å². The summed E-state index contributed by atoms with van der Waals surface area (Å²) < 4.78 is 0. The van der Waals surface area contributed by atoms with Gasteiger partial charge in [-0.2, -0.15) is 0 Å². The van der Waals surface area contributed by atoms with Crippen LogP contribution in [-0.2, 0) is 17.6 Å². The molecule has 1 atom stereocenters. The summed E-state index contributed by atoms with van der Waals surface area (Å²) in [5.74, 6) is -0.733. The molecule has 0 radical (unpaired) electrons. The van der Waals surface area contributed by atoms with Crippen molar-refractivity contribution in [2.45, 2.75) is 38.1 Å². The topological polar surface area (TPSA) is 52.6 Å². The number of likely N-dealkylation sites (N-methyl/N-ethyl adjacent to an activating group) is 1. The Morgan fingerprint density at radius 3 is 2.91 bits per heavy atom. The standard InChI is InChI=1S/C18H25ClN2O2/c1-13(19)7-9-20-16-5-3-15-12-17(6-4-14(15)11-16)21(2)10-8-18(22)23/h3,5,11,17,20H,1,4,6-10,12H2,2H3,(H,22,23). The molecule has 5 heteroatoms. The molecule has 1 aromatic carbocycles. The van der Waals surface area contributed by atoms with Gasteiger partial charge in [0, 0.05) is 29.9 Å². The summed E-state index contributed by atoms with van der Waals surface area (Å²) in [5.41, 5.74) is 3.89. The van der Waals surface area contributed by atoms with Crippen LogP contribution < -0.4 is 5.32 Å². The molecule has 126 valence electrons. The number of nitrogens with one attached hydrogen (secondary N) is 1. The van der Waals surface area contributed by atoms with Crippen molar-refractivity contribution < 1.29 is 9.90 Å². The van der Waals surface area contributed by atoms with Crippen LogP contribution in [-0.4, -0.2) is 42.2 Å². The van der Waals surface area contributed by atoms with Crippen molar-refractivity contribution in [3.8, 4) is 0 Å². The van der Waals surface area contributed by atoms with E-state index in [-0.39, 0.29) is 6.42 Å². The summed E-state index contributed by atoms with van der Waals surface area (Å²) in [6.07, 6.45) is 4.06. The number of aliphatic carboxylic acids is 1. The second kappa shape index (κ2) is 8.37. The van der Waals surface area contributed by atoms with Crippen molar-refractivity contribution in [3.05, 3.63) is 40.9 Å². The Labute approximate surface area is 143 Å². The number of hydrogen-bond acceptors (Lipinski definition) is 3. The molecule has 2 rings (SSSR count). The van der Waals surface area contributed by atoms with E-state index in [1.165, 1.54) is 11.1 Å². The zero-order valence-corrected chi connectivity index (χ0v) is 14.4. The van der Waals surface area contributed by atoms with Gasteiger partial charge in [-0.1, -0.05) is 24.2 Å². The summed E-state index contributed by atoms with van der Waals surface area (Å²) >= 11 is 5.77. The fourth-order valence-electron chi connectivity index (χ4n) is 3.02. The SMILES string of the molecule is C=C(Cl)CCNc1ccc2c(c1)CCC(N(C)CCC(=O)O)C2. The van der Waals surface area contributed by atoms with Crippen LogP contribution in [0.25, 0.3) is 0 Å². The fraction of sp³-hybridized carbons (Fsp3) is 0.500. The first-order chi connectivity index (χ1) is 11.0. The van der Waals surface area contributed by atoms with Gasteiger partial charge in [0.15, 0.2) is 0 Å². The maximum atomic E-state index is 10.7. The molecular weight excluding hydrogens is 312 g/mol. The van der Waals surface area contributed by atoms with Crippen molar-refractivity contribution in [2.75, 3.05) is 25.5 Å². The molecule has 2 N–H and O–H groups in total. The lowest BCUT2D eigenvalue weighted by Crippen LogP contribution is -2.37. The lowest BCUT2D eigenvalue weighted by Gasteiger charge is -2.32. The maximum absolute atomic E-state index is 10.7. The zero-order valence-electron chi connectivity index (χ0n) is 13.6. The number of nitrogens with zero attached hydrogens (tertiary/aromatic N) is 1. The van der Waals surface area contributed by atoms with Gasteiger partial charge in [0.1, 0.15) is 0 Å². The van der Waals surface area contributed by atoms with Crippen LogP contribution in [0.4, 0.5) is 5.69 Å². The van der Waals surface area contributed by atoms with E-state index in [1.54, 1.807) is 0 Å². The molecule has 0 saturated heterocycles. The number of carboxylic acid groups (broad SMARTS) is 1. The van der Waals surface area contributed by atoms with Gasteiger partial charge in [0.25, 0.3) is 0 Å². The number of fused-ring (bicyclic) bond motifs is 1. The number of carbonyl (C=O) groups is 1. The van der Waals surface area contributed by atoms with E-state index in [0.717, 1.165) is 37.9 Å². The molecule has 4 nitrogen and oxygen atoms in total. The molecule has 0 aromatic heterocycles. The van der Waals surface area contributed by atoms with Gasteiger partial charge < -0.3 is 15.3 Å². The predicted molar refractivity (Wildman–Crippen MR) is 95.2 cm³/mol. The average molecular weight is 337 g/mol. The lowest BCUT2D eigenvalue weighted by molar-refractivity contribution is -0.137. The molecule has 0 saturated carbocycles. The molecule has 1 aliphatic rings. The van der Waals surface area contributed by atoms with E-state index in [0.29, 0.717) is 17.6 Å². The van der Waals surface area contributed by atoms with E-state index in [2.05, 4.69) is 35.0 Å². The van der Waals surface area contributed by atoms with Gasteiger partial charge >= 0.3 is 5.97 Å². The number of benzene rings is 1. The Bertz CT molecular complexity index is 574. The maximum Gasteiger partial charge on any atom is 0.304 e. The van der Waals surface area contributed by atoms with Crippen molar-refractivity contribution in [1.29, 1.82) is 0 Å². The Kier molecular flexibility index (Phi) is 6.48. The molecule has 0 fully saturated rings. The van der Waals surface area contributed by atoms with Crippen molar-refractivity contribution in [1.82, 2.24) is 4.90 Å². The second-order valence-electron chi connectivity index (χ2n) is 6.20. The average Bonchev–Trinajstić information content (AvgIpc) is 2.51. The quantitative estimate of drug-likeness (QED) is 0.763. The van der Waals surface area contributed by atoms with Crippen molar-refractivity contribution in [3.63, 3.8) is 0 Å². The largest absolute Gasteiger partial charge is 0.481 e. The molecule has 1 aromatic rings. The monoisotopic (exact) mass is 336 g/mol. The van der Waals surface area contributed by atoms with Crippen LogP contribution >= 0.6 is 11.6 Å². The minimum Gasteiger partial charge on any atom is -0.481 e. The number of rotatable bonds is 8. The highest BCUT2D eigenvalue weighted by Crippen LogP contribution is 2.27. The Morgan fingerprint density at radius 2 is 2.22 bits per heavy atom. The minimum atomic E-state index is -0.733. The summed E-state index contributed by atoms with van der Waals surface area (Å²) in [6.45, 7) is 5.09. The van der Waals surface area contributed by atoms with Gasteiger partial charge in [-0.3, -0.25) is 4.79 Å². The molecule has 0 bridgehead atoms. The highest BCUT2D eigenvalue weighted by atomic mass is 35.5. The van der Waals surface area contributed by atoms with E-state index >= 15 is 0 Å². The minimum absolute atomic E-state index is 0.203. The van der Waals surface area contributed by atoms with Crippen LogP contribution in [0.1, 0.15) is 30.4 Å². The van der Waals surface area contributed by atoms with E-state index in [1.807, 2.05) is 7.05 Å². The fourth-order valence-corrected chi connectivity index (χ4v) is 3.11. The number of aryl methyl sites for hydroxylation is 1. The van der Waals surface area contributed by atoms with Crippen molar-refractivity contribution in [2.24, 2.45) is 0 Å². The number of halogens is 1. The molecule has 1 aliphatic carbocycles. The third-order valence-electron chi connectivity index (χ3n) is 4.44. The summed E-state index contributed by atoms with van der Waals surface area (Å²) in [6, 6.07) is 6.94. The van der Waals surface area contributed by atoms with E-state index < -0.39 is 5.97 Å². The van der Waals surface area contributed by atoms with Gasteiger partial charge in [-0.25, -0.2) is 0 Å². The second-order valence-corrected chi connectivity index (χ2v) is 6.73. The molecule has 0 spiro atoms. The lowest BCUT2D eigenvalue weighted by atomic mass is 9.87. The van der Waals surface area contributed by atoms with E-state index in [9.17, 15) is 4.79 Å². The first-order valence-electron chi connectivity index (χ1n) is 8.06. The van der Waals surface area contributed by atoms with E-state index in [4.69, 9.17) is 16.7 Å². The molecule has 0 aliphatic heterocycles. The highest BCUT2D eigenvalue weighted by Gasteiger charge is 2.22. The van der Waals surface area contributed by atoms with Gasteiger partial charge in [-0.15, -0.1) is 0 Å². The van der Waals surface area contributed by atoms with Gasteiger partial charge in [0.05, 0.1) is 6.42 Å². The normalized spacial score (nSPS) is 16.9. The van der Waals surface area contributed by atoms with Crippen LogP contribution in [0.3, 0.4) is 0 Å². The summed E-state index contributed by atoms with van der Waals surface area (Å²) in [5, 5.41) is 12.8. The van der Waals surface area contributed by atoms with Crippen molar-refractivity contribution >= 4 is 23.3 Å². The van der Waals surface area contributed by atoms with Crippen LogP contribution in [0, 0.1) is 0 Å². The molecule has 0 amide bonds. The predicted octanol–water partition coefficient (Wildman–Crippen LogP) is 3.50. The first kappa shape index (κ1) is 17.8. The zero-order chi connectivity index (χ0) is 16.8. The molecule has 0 heterocycles. The molecule has 1 unspecified atom stereocenters. The molecule has 23 heavy (non-hydrogen) atoms. The summed E-state index contributed by atoms with van der Waals surface area (Å²) in [7, 11) is 2.02.